The summed E-state index contributed by atoms with van der Waals surface area (Å²) >= 11 is 0. The summed E-state index contributed by atoms with van der Waals surface area (Å²) in [5.74, 6) is -1.15. The molecule has 1 aliphatic rings. The average Bonchev–Trinajstić information content (AvgIpc) is 1.85. The molecule has 4 nitrogen and oxygen atoms in total. The van der Waals surface area contributed by atoms with Gasteiger partial charge >= 0.3 is 0 Å². The Bertz CT molecular complexity index is 112. The lowest BCUT2D eigenvalue weighted by molar-refractivity contribution is -0.303. The largest absolute Gasteiger partial charge is 0.374 e. The highest BCUT2D eigenvalue weighted by molar-refractivity contribution is 4.55. The zero-order valence-corrected chi connectivity index (χ0v) is 6.87. The van der Waals surface area contributed by atoms with Crippen LogP contribution in [0.25, 0.3) is 0 Å². The quantitative estimate of drug-likeness (QED) is 0.585. The van der Waals surface area contributed by atoms with Crippen LogP contribution in [-0.2, 0) is 14.2 Å². The van der Waals surface area contributed by atoms with Crippen molar-refractivity contribution >= 4 is 0 Å². The summed E-state index contributed by atoms with van der Waals surface area (Å²) in [7, 11) is 0. The summed E-state index contributed by atoms with van der Waals surface area (Å²) in [6.45, 7) is 4.65. The first-order valence-electron chi connectivity index (χ1n) is 3.67. The van der Waals surface area contributed by atoms with Crippen molar-refractivity contribution in [2.24, 2.45) is 0 Å². The Morgan fingerprint density at radius 2 is 2.18 bits per heavy atom. The summed E-state index contributed by atoms with van der Waals surface area (Å²) < 4.78 is 15.3. The third kappa shape index (κ3) is 3.67. The van der Waals surface area contributed by atoms with Crippen molar-refractivity contribution in [2.45, 2.75) is 25.9 Å². The van der Waals surface area contributed by atoms with Crippen molar-refractivity contribution in [3.8, 4) is 0 Å². The van der Waals surface area contributed by atoms with Crippen LogP contribution in [0.3, 0.4) is 0 Å². The summed E-state index contributed by atoms with van der Waals surface area (Å²) in [5, 5.41) is 9.21. The summed E-state index contributed by atoms with van der Waals surface area (Å²) in [6.07, 6.45) is -0.427. The molecule has 1 rings (SSSR count). The van der Waals surface area contributed by atoms with Crippen LogP contribution in [-0.4, -0.2) is 37.0 Å². The summed E-state index contributed by atoms with van der Waals surface area (Å²) in [4.78, 5) is 0. The highest BCUT2D eigenvalue weighted by Crippen LogP contribution is 2.11. The standard InChI is InChI=1S/C7H14O4/c1-7(2,8)11-6-5-9-3-4-10-6/h6,8H,3-5H2,1-2H3. The van der Waals surface area contributed by atoms with E-state index in [0.29, 0.717) is 19.8 Å². The lowest BCUT2D eigenvalue weighted by atomic mass is 10.4. The maximum atomic E-state index is 9.21. The van der Waals surface area contributed by atoms with E-state index in [9.17, 15) is 5.11 Å². The van der Waals surface area contributed by atoms with Crippen molar-refractivity contribution in [1.82, 2.24) is 0 Å². The third-order valence-electron chi connectivity index (χ3n) is 1.21. The van der Waals surface area contributed by atoms with E-state index in [2.05, 4.69) is 0 Å². The molecule has 0 aromatic carbocycles. The minimum Gasteiger partial charge on any atom is -0.374 e. The van der Waals surface area contributed by atoms with Crippen LogP contribution in [0.4, 0.5) is 0 Å². The monoisotopic (exact) mass is 162 g/mol. The second-order valence-electron chi connectivity index (χ2n) is 2.94. The van der Waals surface area contributed by atoms with E-state index in [0.717, 1.165) is 0 Å². The lowest BCUT2D eigenvalue weighted by Crippen LogP contribution is -2.38. The minimum atomic E-state index is -1.15. The number of hydrogen-bond donors (Lipinski definition) is 1. The second kappa shape index (κ2) is 3.49. The molecule has 0 spiro atoms. The predicted octanol–water partition coefficient (Wildman–Crippen LogP) is 0.104. The number of hydrogen-bond acceptors (Lipinski definition) is 4. The highest BCUT2D eigenvalue weighted by Gasteiger charge is 2.23. The van der Waals surface area contributed by atoms with E-state index in [1.54, 1.807) is 13.8 Å². The summed E-state index contributed by atoms with van der Waals surface area (Å²) in [6, 6.07) is 0. The van der Waals surface area contributed by atoms with Gasteiger partial charge in [-0.1, -0.05) is 0 Å². The summed E-state index contributed by atoms with van der Waals surface area (Å²) in [5.41, 5.74) is 0. The van der Waals surface area contributed by atoms with Gasteiger partial charge in [0.1, 0.15) is 0 Å². The van der Waals surface area contributed by atoms with Crippen molar-refractivity contribution < 1.29 is 19.3 Å². The Morgan fingerprint density at radius 1 is 1.45 bits per heavy atom. The molecule has 0 amide bonds. The molecule has 0 radical (unpaired) electrons. The van der Waals surface area contributed by atoms with Crippen LogP contribution in [0.1, 0.15) is 13.8 Å². The van der Waals surface area contributed by atoms with Gasteiger partial charge in [-0.05, 0) is 13.8 Å². The molecule has 11 heavy (non-hydrogen) atoms. The van der Waals surface area contributed by atoms with E-state index >= 15 is 0 Å². The minimum absolute atomic E-state index is 0.393. The van der Waals surface area contributed by atoms with Crippen molar-refractivity contribution in [3.05, 3.63) is 0 Å². The Balaban J connectivity index is 2.24. The van der Waals surface area contributed by atoms with Crippen LogP contribution < -0.4 is 0 Å². The van der Waals surface area contributed by atoms with Gasteiger partial charge in [-0.2, -0.15) is 0 Å². The molecule has 1 saturated heterocycles. The number of aliphatic hydroxyl groups is 1. The lowest BCUT2D eigenvalue weighted by Gasteiger charge is -2.28. The van der Waals surface area contributed by atoms with Crippen LogP contribution in [0.2, 0.25) is 0 Å². The van der Waals surface area contributed by atoms with Crippen LogP contribution in [0.15, 0.2) is 0 Å². The molecule has 0 aliphatic carbocycles. The Morgan fingerprint density at radius 3 is 2.64 bits per heavy atom. The van der Waals surface area contributed by atoms with Crippen LogP contribution in [0, 0.1) is 0 Å². The molecule has 0 aromatic rings. The Labute approximate surface area is 66.1 Å². The molecule has 1 fully saturated rings. The first-order valence-corrected chi connectivity index (χ1v) is 3.67. The normalized spacial score (nSPS) is 27.0. The molecule has 1 aliphatic heterocycles. The molecule has 0 bridgehead atoms. The number of ether oxygens (including phenoxy) is 3. The van der Waals surface area contributed by atoms with Crippen molar-refractivity contribution in [3.63, 3.8) is 0 Å². The molecular weight excluding hydrogens is 148 g/mol. The maximum Gasteiger partial charge on any atom is 0.184 e. The Kier molecular flexibility index (Phi) is 2.84. The smallest absolute Gasteiger partial charge is 0.184 e. The van der Waals surface area contributed by atoms with Gasteiger partial charge in [0.25, 0.3) is 0 Å². The molecule has 1 heterocycles. The second-order valence-corrected chi connectivity index (χ2v) is 2.94. The van der Waals surface area contributed by atoms with E-state index in [1.165, 1.54) is 0 Å². The SMILES string of the molecule is CC(C)(O)OC1COCCO1. The fourth-order valence-corrected chi connectivity index (χ4v) is 0.856. The van der Waals surface area contributed by atoms with Gasteiger partial charge in [0, 0.05) is 0 Å². The van der Waals surface area contributed by atoms with Gasteiger partial charge in [-0.3, -0.25) is 0 Å². The van der Waals surface area contributed by atoms with Crippen LogP contribution >= 0.6 is 0 Å². The molecule has 66 valence electrons. The molecule has 0 aromatic heterocycles. The van der Waals surface area contributed by atoms with E-state index in [4.69, 9.17) is 14.2 Å². The van der Waals surface area contributed by atoms with E-state index in [-0.39, 0.29) is 0 Å². The topological polar surface area (TPSA) is 47.9 Å². The zero-order chi connectivity index (χ0) is 8.32. The molecule has 1 N–H and O–H groups in total. The molecular formula is C7H14O4. The fourth-order valence-electron chi connectivity index (χ4n) is 0.856. The third-order valence-corrected chi connectivity index (χ3v) is 1.21. The van der Waals surface area contributed by atoms with Crippen molar-refractivity contribution in [2.75, 3.05) is 19.8 Å². The van der Waals surface area contributed by atoms with E-state index < -0.39 is 12.1 Å². The van der Waals surface area contributed by atoms with Gasteiger partial charge in [-0.25, -0.2) is 0 Å². The van der Waals surface area contributed by atoms with Gasteiger partial charge in [0.05, 0.1) is 19.8 Å². The molecule has 0 saturated carbocycles. The van der Waals surface area contributed by atoms with E-state index in [1.807, 2.05) is 0 Å². The first kappa shape index (κ1) is 8.93. The predicted molar refractivity (Wildman–Crippen MR) is 37.9 cm³/mol. The van der Waals surface area contributed by atoms with Gasteiger partial charge < -0.3 is 19.3 Å². The Hall–Kier alpha value is -0.160. The zero-order valence-electron chi connectivity index (χ0n) is 6.87. The highest BCUT2D eigenvalue weighted by atomic mass is 16.8. The maximum absolute atomic E-state index is 9.21. The van der Waals surface area contributed by atoms with Crippen LogP contribution in [0.5, 0.6) is 0 Å². The van der Waals surface area contributed by atoms with Gasteiger partial charge in [0.15, 0.2) is 12.1 Å². The van der Waals surface area contributed by atoms with Gasteiger partial charge in [0.2, 0.25) is 0 Å². The average molecular weight is 162 g/mol. The first-order chi connectivity index (χ1) is 5.08. The van der Waals surface area contributed by atoms with Crippen molar-refractivity contribution in [1.29, 1.82) is 0 Å². The molecule has 4 heteroatoms. The molecule has 1 unspecified atom stereocenters. The number of rotatable bonds is 2. The van der Waals surface area contributed by atoms with Gasteiger partial charge in [-0.15, -0.1) is 0 Å². The molecule has 1 atom stereocenters. The fraction of sp³-hybridized carbons (Fsp3) is 1.00.